The highest BCUT2D eigenvalue weighted by molar-refractivity contribution is 5.68. The highest BCUT2D eigenvalue weighted by Crippen LogP contribution is 2.06. The fraction of sp³-hybridized carbons (Fsp3) is 0.714. The first-order chi connectivity index (χ1) is 4.95. The number of hydrogen-bond donors (Lipinski definition) is 2. The largest absolute Gasteiger partial charge is 0.444 e. The Balaban J connectivity index is 3.53. The summed E-state index contributed by atoms with van der Waals surface area (Å²) in [6.07, 6.45) is -0.469. The molecule has 1 radical (unpaired) electrons. The summed E-state index contributed by atoms with van der Waals surface area (Å²) in [5, 5.41) is 2.38. The Morgan fingerprint density at radius 3 is 2.55 bits per heavy atom. The van der Waals surface area contributed by atoms with Crippen molar-refractivity contribution in [3.8, 4) is 0 Å². The van der Waals surface area contributed by atoms with Gasteiger partial charge in [-0.1, -0.05) is 0 Å². The van der Waals surface area contributed by atoms with Crippen LogP contribution in [0.3, 0.4) is 0 Å². The Bertz CT molecular complexity index is 129. The molecule has 3 N–H and O–H groups in total. The summed E-state index contributed by atoms with van der Waals surface area (Å²) in [4.78, 5) is 10.8. The molecular formula is C7H15N2O2. The van der Waals surface area contributed by atoms with Crippen LogP contribution in [0.4, 0.5) is 4.79 Å². The maximum absolute atomic E-state index is 10.8. The molecule has 0 spiro atoms. The summed E-state index contributed by atoms with van der Waals surface area (Å²) < 4.78 is 4.90. The summed E-state index contributed by atoms with van der Waals surface area (Å²) in [7, 11) is 0. The summed E-state index contributed by atoms with van der Waals surface area (Å²) in [5.41, 5.74) is 4.66. The molecule has 0 rings (SSSR count). The summed E-state index contributed by atoms with van der Waals surface area (Å²) in [6, 6.07) is 0. The molecule has 0 aliphatic heterocycles. The van der Waals surface area contributed by atoms with Crippen molar-refractivity contribution in [3.63, 3.8) is 0 Å². The van der Waals surface area contributed by atoms with Crippen LogP contribution >= 0.6 is 0 Å². The third-order valence-electron chi connectivity index (χ3n) is 0.737. The molecule has 0 fully saturated rings. The fourth-order valence-corrected chi connectivity index (χ4v) is 0.450. The molecule has 0 bridgehead atoms. The zero-order valence-electron chi connectivity index (χ0n) is 7.18. The van der Waals surface area contributed by atoms with Gasteiger partial charge in [0.15, 0.2) is 0 Å². The van der Waals surface area contributed by atoms with E-state index in [0.717, 1.165) is 0 Å². The van der Waals surface area contributed by atoms with E-state index in [0.29, 0.717) is 6.54 Å². The van der Waals surface area contributed by atoms with Gasteiger partial charge in [-0.15, -0.1) is 0 Å². The second kappa shape index (κ2) is 4.18. The number of nitrogens with one attached hydrogen (secondary N) is 1. The van der Waals surface area contributed by atoms with Crippen molar-refractivity contribution in [2.75, 3.05) is 6.54 Å². The molecule has 0 unspecified atom stereocenters. The van der Waals surface area contributed by atoms with Crippen molar-refractivity contribution in [2.45, 2.75) is 26.4 Å². The van der Waals surface area contributed by atoms with Crippen LogP contribution in [0.25, 0.3) is 0 Å². The zero-order valence-corrected chi connectivity index (χ0v) is 7.18. The van der Waals surface area contributed by atoms with Crippen LogP contribution in [0.1, 0.15) is 20.8 Å². The average Bonchev–Trinajstić information content (AvgIpc) is 1.79. The van der Waals surface area contributed by atoms with Gasteiger partial charge in [-0.05, 0) is 20.8 Å². The van der Waals surface area contributed by atoms with E-state index >= 15 is 0 Å². The Morgan fingerprint density at radius 1 is 1.64 bits per heavy atom. The number of carbonyl (C=O) groups excluding carboxylic acids is 1. The molecule has 0 atom stereocenters. The lowest BCUT2D eigenvalue weighted by Gasteiger charge is -2.19. The first-order valence-corrected chi connectivity index (χ1v) is 3.47. The minimum atomic E-state index is -0.469. The molecule has 0 saturated carbocycles. The van der Waals surface area contributed by atoms with Crippen LogP contribution in [0.15, 0.2) is 0 Å². The van der Waals surface area contributed by atoms with E-state index in [9.17, 15) is 4.79 Å². The van der Waals surface area contributed by atoms with E-state index < -0.39 is 11.7 Å². The minimum absolute atomic E-state index is 0.305. The van der Waals surface area contributed by atoms with Crippen molar-refractivity contribution < 1.29 is 9.53 Å². The predicted octanol–water partition coefficient (Wildman–Crippen LogP) is 0.632. The highest BCUT2D eigenvalue weighted by Gasteiger charge is 2.14. The summed E-state index contributed by atoms with van der Waals surface area (Å²) in [6.45, 7) is 7.15. The first-order valence-electron chi connectivity index (χ1n) is 3.47. The Hall–Kier alpha value is -0.770. The van der Waals surface area contributed by atoms with Crippen molar-refractivity contribution >= 4 is 6.09 Å². The Labute approximate surface area is 67.1 Å². The van der Waals surface area contributed by atoms with Gasteiger partial charge in [-0.25, -0.2) is 4.79 Å². The Kier molecular flexibility index (Phi) is 3.89. The van der Waals surface area contributed by atoms with Crippen LogP contribution in [0, 0.1) is 6.54 Å². The van der Waals surface area contributed by atoms with Crippen molar-refractivity contribution in [1.82, 2.24) is 5.32 Å². The molecule has 1 amide bonds. The van der Waals surface area contributed by atoms with Gasteiger partial charge in [0.1, 0.15) is 5.60 Å². The molecule has 4 heteroatoms. The molecule has 0 aliphatic rings. The monoisotopic (exact) mass is 159 g/mol. The SMILES string of the molecule is CC(C)(C)OC(=O)N[CH]CN. The minimum Gasteiger partial charge on any atom is -0.444 e. The standard InChI is InChI=1S/C7H15N2O2/c1-7(2,3)11-6(10)9-5-4-8/h5H,4,8H2,1-3H3,(H,9,10). The lowest BCUT2D eigenvalue weighted by Crippen LogP contribution is -2.32. The van der Waals surface area contributed by atoms with Gasteiger partial charge in [0, 0.05) is 6.54 Å². The maximum atomic E-state index is 10.8. The Morgan fingerprint density at radius 2 is 2.18 bits per heavy atom. The number of nitrogens with two attached hydrogens (primary N) is 1. The lowest BCUT2D eigenvalue weighted by atomic mass is 10.2. The second-order valence-corrected chi connectivity index (χ2v) is 3.09. The van der Waals surface area contributed by atoms with Crippen molar-refractivity contribution in [3.05, 3.63) is 6.54 Å². The number of alkyl carbamates (subject to hydrolysis) is 1. The van der Waals surface area contributed by atoms with Gasteiger partial charge in [0.25, 0.3) is 0 Å². The van der Waals surface area contributed by atoms with E-state index in [-0.39, 0.29) is 0 Å². The quantitative estimate of drug-likeness (QED) is 0.621. The van der Waals surface area contributed by atoms with Gasteiger partial charge in [0.2, 0.25) is 0 Å². The molecule has 11 heavy (non-hydrogen) atoms. The van der Waals surface area contributed by atoms with Crippen LogP contribution in [0.2, 0.25) is 0 Å². The molecule has 4 nitrogen and oxygen atoms in total. The van der Waals surface area contributed by atoms with Gasteiger partial charge in [0.05, 0.1) is 6.54 Å². The van der Waals surface area contributed by atoms with E-state index in [1.807, 2.05) is 0 Å². The normalized spacial score (nSPS) is 10.9. The maximum Gasteiger partial charge on any atom is 0.407 e. The molecule has 0 aromatic heterocycles. The summed E-state index contributed by atoms with van der Waals surface area (Å²) >= 11 is 0. The van der Waals surface area contributed by atoms with Gasteiger partial charge in [-0.3, -0.25) is 0 Å². The van der Waals surface area contributed by atoms with E-state index in [4.69, 9.17) is 10.5 Å². The van der Waals surface area contributed by atoms with Crippen molar-refractivity contribution in [1.29, 1.82) is 0 Å². The third-order valence-corrected chi connectivity index (χ3v) is 0.737. The van der Waals surface area contributed by atoms with E-state index in [1.165, 1.54) is 6.54 Å². The predicted molar refractivity (Wildman–Crippen MR) is 42.7 cm³/mol. The topological polar surface area (TPSA) is 64.3 Å². The van der Waals surface area contributed by atoms with Gasteiger partial charge in [-0.2, -0.15) is 0 Å². The smallest absolute Gasteiger partial charge is 0.407 e. The van der Waals surface area contributed by atoms with E-state index in [1.54, 1.807) is 20.8 Å². The van der Waals surface area contributed by atoms with Crippen LogP contribution in [0.5, 0.6) is 0 Å². The van der Waals surface area contributed by atoms with Crippen LogP contribution in [-0.2, 0) is 4.74 Å². The van der Waals surface area contributed by atoms with E-state index in [2.05, 4.69) is 5.32 Å². The molecule has 0 aliphatic carbocycles. The number of ether oxygens (including phenoxy) is 1. The van der Waals surface area contributed by atoms with Crippen LogP contribution in [-0.4, -0.2) is 18.2 Å². The van der Waals surface area contributed by atoms with Crippen molar-refractivity contribution in [2.24, 2.45) is 5.73 Å². The summed E-state index contributed by atoms with van der Waals surface area (Å²) in [5.74, 6) is 0. The highest BCUT2D eigenvalue weighted by atomic mass is 16.6. The average molecular weight is 159 g/mol. The molecule has 0 heterocycles. The second-order valence-electron chi connectivity index (χ2n) is 3.09. The number of hydrogen-bond acceptors (Lipinski definition) is 3. The molecular weight excluding hydrogens is 144 g/mol. The molecule has 0 aromatic rings. The fourth-order valence-electron chi connectivity index (χ4n) is 0.450. The molecule has 0 saturated heterocycles. The lowest BCUT2D eigenvalue weighted by molar-refractivity contribution is 0.0543. The van der Waals surface area contributed by atoms with Gasteiger partial charge < -0.3 is 15.8 Å². The molecule has 0 aromatic carbocycles. The third kappa shape index (κ3) is 7.12. The van der Waals surface area contributed by atoms with Crippen LogP contribution < -0.4 is 11.1 Å². The zero-order chi connectivity index (χ0) is 8.91. The number of rotatable bonds is 2. The van der Waals surface area contributed by atoms with Gasteiger partial charge >= 0.3 is 6.09 Å². The molecule has 65 valence electrons. The number of carbonyl (C=O) groups is 1. The first kappa shape index (κ1) is 10.2. The number of amides is 1.